The first-order valence-electron chi connectivity index (χ1n) is 16.7. The van der Waals surface area contributed by atoms with Crippen molar-refractivity contribution in [3.8, 4) is 11.5 Å². The van der Waals surface area contributed by atoms with E-state index in [4.69, 9.17) is 4.74 Å². The Morgan fingerprint density at radius 2 is 1.07 bits per heavy atom. The molecule has 0 unspecified atom stereocenters. The van der Waals surface area contributed by atoms with Crippen LogP contribution in [0.3, 0.4) is 0 Å². The average molecular weight is 638 g/mol. The van der Waals surface area contributed by atoms with Crippen molar-refractivity contribution in [3.63, 3.8) is 0 Å². The summed E-state index contributed by atoms with van der Waals surface area (Å²) in [7, 11) is 0. The lowest BCUT2D eigenvalue weighted by atomic mass is 10.0. The van der Waals surface area contributed by atoms with E-state index in [1.165, 1.54) is 0 Å². The number of hydrogen-bond donors (Lipinski definition) is 4. The summed E-state index contributed by atoms with van der Waals surface area (Å²) in [6.07, 6.45) is 2.94. The lowest BCUT2D eigenvalue weighted by molar-refractivity contribution is -0.124. The van der Waals surface area contributed by atoms with E-state index >= 15 is 0 Å². The van der Waals surface area contributed by atoms with Gasteiger partial charge in [0.25, 0.3) is 11.8 Å². The Morgan fingerprint density at radius 3 is 1.43 bits per heavy atom. The van der Waals surface area contributed by atoms with Gasteiger partial charge in [-0.2, -0.15) is 0 Å². The molecule has 0 radical (unpaired) electrons. The molecule has 4 N–H and O–H groups in total. The SMILES string of the molecule is CCCCNC(=O)[C@H](CC(C)C)NC(=O)c1ccc(Oc2ccc(C(=O)N[C@@H](CC(C)C)C(=O)NCCN(CC)CC)cc2)cc1. The van der Waals surface area contributed by atoms with E-state index in [1.54, 1.807) is 48.5 Å². The minimum atomic E-state index is -0.632. The van der Waals surface area contributed by atoms with Gasteiger partial charge in [-0.1, -0.05) is 54.9 Å². The summed E-state index contributed by atoms with van der Waals surface area (Å²) in [5, 5.41) is 11.6. The zero-order valence-electron chi connectivity index (χ0n) is 28.8. The molecule has 2 rings (SSSR count). The number of nitrogens with one attached hydrogen (secondary N) is 4. The van der Waals surface area contributed by atoms with E-state index in [9.17, 15) is 19.2 Å². The highest BCUT2D eigenvalue weighted by atomic mass is 16.5. The van der Waals surface area contributed by atoms with Crippen molar-refractivity contribution in [1.82, 2.24) is 26.2 Å². The van der Waals surface area contributed by atoms with Crippen molar-refractivity contribution < 1.29 is 23.9 Å². The van der Waals surface area contributed by atoms with Gasteiger partial charge in [0, 0.05) is 30.8 Å². The first kappa shape index (κ1) is 38.3. The Labute approximate surface area is 275 Å². The standard InChI is InChI=1S/C36H55N5O5/c1-8-11-20-37-35(44)31(23-25(4)5)39-33(42)27-12-16-29(17-13-27)46-30-18-14-28(15-19-30)34(43)40-32(24-26(6)7)36(45)38-21-22-41(9-2)10-3/h12-19,25-26,31-32H,8-11,20-24H2,1-7H3,(H,37,44)(H,38,45)(H,39,42)(H,40,43)/t31-,32-/m0/s1. The summed E-state index contributed by atoms with van der Waals surface area (Å²) in [5.41, 5.74) is 0.835. The van der Waals surface area contributed by atoms with Gasteiger partial charge in [0.1, 0.15) is 23.6 Å². The van der Waals surface area contributed by atoms with Gasteiger partial charge >= 0.3 is 0 Å². The number of carbonyl (C=O) groups is 4. The molecule has 0 aromatic heterocycles. The molecule has 0 aliphatic carbocycles. The monoisotopic (exact) mass is 637 g/mol. The normalized spacial score (nSPS) is 12.5. The van der Waals surface area contributed by atoms with Crippen LogP contribution in [0.1, 0.15) is 94.9 Å². The number of ether oxygens (including phenoxy) is 1. The molecule has 0 saturated heterocycles. The number of nitrogens with zero attached hydrogens (tertiary/aromatic N) is 1. The third-order valence-electron chi connectivity index (χ3n) is 7.58. The number of benzene rings is 2. The number of amides is 4. The number of likely N-dealkylation sites (N-methyl/N-ethyl adjacent to an activating group) is 1. The molecule has 0 aliphatic rings. The second-order valence-corrected chi connectivity index (χ2v) is 12.4. The molecule has 2 atom stereocenters. The van der Waals surface area contributed by atoms with Crippen LogP contribution in [0.2, 0.25) is 0 Å². The third kappa shape index (κ3) is 13.6. The topological polar surface area (TPSA) is 129 Å². The highest BCUT2D eigenvalue weighted by molar-refractivity contribution is 5.98. The minimum Gasteiger partial charge on any atom is -0.457 e. The van der Waals surface area contributed by atoms with Crippen LogP contribution < -0.4 is 26.0 Å². The molecule has 46 heavy (non-hydrogen) atoms. The molecular formula is C36H55N5O5. The van der Waals surface area contributed by atoms with E-state index < -0.39 is 12.1 Å². The maximum absolute atomic E-state index is 13.0. The first-order chi connectivity index (χ1) is 22.0. The number of hydrogen-bond acceptors (Lipinski definition) is 6. The van der Waals surface area contributed by atoms with Crippen LogP contribution in [0.5, 0.6) is 11.5 Å². The van der Waals surface area contributed by atoms with Crippen LogP contribution in [0.15, 0.2) is 48.5 Å². The van der Waals surface area contributed by atoms with E-state index in [2.05, 4.69) is 46.9 Å². The Balaban J connectivity index is 1.98. The predicted molar refractivity (Wildman–Crippen MR) is 183 cm³/mol. The van der Waals surface area contributed by atoms with Crippen LogP contribution in [0.25, 0.3) is 0 Å². The van der Waals surface area contributed by atoms with E-state index in [1.807, 2.05) is 27.7 Å². The fourth-order valence-electron chi connectivity index (χ4n) is 4.89. The fourth-order valence-corrected chi connectivity index (χ4v) is 4.89. The molecule has 0 fully saturated rings. The minimum absolute atomic E-state index is 0.169. The first-order valence-corrected chi connectivity index (χ1v) is 16.7. The summed E-state index contributed by atoms with van der Waals surface area (Å²) >= 11 is 0. The molecule has 0 spiro atoms. The van der Waals surface area contributed by atoms with Gasteiger partial charge in [-0.3, -0.25) is 19.2 Å². The molecule has 2 aromatic carbocycles. The van der Waals surface area contributed by atoms with Gasteiger partial charge in [-0.05, 0) is 92.7 Å². The third-order valence-corrected chi connectivity index (χ3v) is 7.58. The number of unbranched alkanes of at least 4 members (excludes halogenated alkanes) is 1. The molecule has 10 heteroatoms. The summed E-state index contributed by atoms with van der Waals surface area (Å²) in [4.78, 5) is 53.7. The Bertz CT molecular complexity index is 1230. The molecule has 0 bridgehead atoms. The van der Waals surface area contributed by atoms with Crippen LogP contribution in [-0.4, -0.2) is 73.3 Å². The summed E-state index contributed by atoms with van der Waals surface area (Å²) in [6, 6.07) is 12.1. The van der Waals surface area contributed by atoms with Gasteiger partial charge in [-0.15, -0.1) is 0 Å². The largest absolute Gasteiger partial charge is 0.457 e. The highest BCUT2D eigenvalue weighted by Gasteiger charge is 2.24. The summed E-state index contributed by atoms with van der Waals surface area (Å²) in [6.45, 7) is 18.0. The molecule has 2 aromatic rings. The van der Waals surface area contributed by atoms with E-state index in [-0.39, 0.29) is 35.5 Å². The maximum atomic E-state index is 13.0. The van der Waals surface area contributed by atoms with Gasteiger partial charge in [0.05, 0.1) is 0 Å². The molecule has 10 nitrogen and oxygen atoms in total. The lowest BCUT2D eigenvalue weighted by Crippen LogP contribution is -2.48. The fraction of sp³-hybridized carbons (Fsp3) is 0.556. The zero-order valence-corrected chi connectivity index (χ0v) is 28.8. The van der Waals surface area contributed by atoms with Crippen LogP contribution in [0.4, 0.5) is 0 Å². The van der Waals surface area contributed by atoms with Gasteiger partial charge in [0.15, 0.2) is 0 Å². The second-order valence-electron chi connectivity index (χ2n) is 12.4. The van der Waals surface area contributed by atoms with E-state index in [0.29, 0.717) is 48.6 Å². The van der Waals surface area contributed by atoms with Gasteiger partial charge < -0.3 is 30.9 Å². The smallest absolute Gasteiger partial charge is 0.251 e. The average Bonchev–Trinajstić information content (AvgIpc) is 3.02. The van der Waals surface area contributed by atoms with E-state index in [0.717, 1.165) is 32.5 Å². The summed E-state index contributed by atoms with van der Waals surface area (Å²) in [5.74, 6) is 0.486. The quantitative estimate of drug-likeness (QED) is 0.149. The maximum Gasteiger partial charge on any atom is 0.251 e. The Morgan fingerprint density at radius 1 is 0.652 bits per heavy atom. The van der Waals surface area contributed by atoms with Crippen molar-refractivity contribution in [3.05, 3.63) is 59.7 Å². The molecular weight excluding hydrogens is 582 g/mol. The number of carbonyl (C=O) groups excluding carboxylic acids is 4. The second kappa shape index (κ2) is 20.3. The van der Waals surface area contributed by atoms with Gasteiger partial charge in [-0.25, -0.2) is 0 Å². The molecule has 0 saturated carbocycles. The Kier molecular flexibility index (Phi) is 16.8. The zero-order chi connectivity index (χ0) is 34.1. The van der Waals surface area contributed by atoms with Crippen molar-refractivity contribution in [2.75, 3.05) is 32.7 Å². The molecule has 4 amide bonds. The number of rotatable bonds is 20. The highest BCUT2D eigenvalue weighted by Crippen LogP contribution is 2.22. The van der Waals surface area contributed by atoms with Crippen LogP contribution in [-0.2, 0) is 9.59 Å². The Hall–Kier alpha value is -3.92. The predicted octanol–water partition coefficient (Wildman–Crippen LogP) is 5.14. The van der Waals surface area contributed by atoms with Gasteiger partial charge in [0.2, 0.25) is 11.8 Å². The van der Waals surface area contributed by atoms with Crippen molar-refractivity contribution in [2.24, 2.45) is 11.8 Å². The lowest BCUT2D eigenvalue weighted by Gasteiger charge is -2.22. The molecule has 0 heterocycles. The molecule has 254 valence electrons. The van der Waals surface area contributed by atoms with Crippen molar-refractivity contribution in [1.29, 1.82) is 0 Å². The van der Waals surface area contributed by atoms with Crippen LogP contribution >= 0.6 is 0 Å². The van der Waals surface area contributed by atoms with Crippen molar-refractivity contribution in [2.45, 2.75) is 86.2 Å². The molecule has 0 aliphatic heterocycles. The summed E-state index contributed by atoms with van der Waals surface area (Å²) < 4.78 is 5.93. The van der Waals surface area contributed by atoms with Crippen LogP contribution in [0, 0.1) is 11.8 Å². The van der Waals surface area contributed by atoms with Crippen molar-refractivity contribution >= 4 is 23.6 Å².